The second kappa shape index (κ2) is 16.8. The summed E-state index contributed by atoms with van der Waals surface area (Å²) in [7, 11) is 4.18. The Morgan fingerprint density at radius 2 is 1.27 bits per heavy atom. The maximum Gasteiger partial charge on any atom is 0.0234 e. The molecule has 0 aliphatic rings. The highest BCUT2D eigenvalue weighted by Gasteiger charge is 2.22. The molecule has 0 amide bonds. The van der Waals surface area contributed by atoms with Crippen LogP contribution >= 0.6 is 33.2 Å². The smallest absolute Gasteiger partial charge is 0.0234 e. The van der Waals surface area contributed by atoms with E-state index in [1.54, 1.807) is 0 Å². The molecule has 0 aliphatic heterocycles. The van der Waals surface area contributed by atoms with Gasteiger partial charge in [0.2, 0.25) is 0 Å². The maximum absolute atomic E-state index is 6.10. The number of hydrogen-bond acceptors (Lipinski definition) is 2. The third-order valence-corrected chi connectivity index (χ3v) is 7.96. The highest BCUT2D eigenvalue weighted by molar-refractivity contribution is 8.77. The Bertz CT molecular complexity index is 209. The zero-order chi connectivity index (χ0) is 16.6. The highest BCUT2D eigenvalue weighted by Crippen LogP contribution is 2.40. The van der Waals surface area contributed by atoms with Crippen LogP contribution in [-0.4, -0.2) is 16.4 Å². The average Bonchev–Trinajstić information content (AvgIpc) is 2.50. The van der Waals surface area contributed by atoms with Crippen LogP contribution in [0.3, 0.4) is 0 Å². The van der Waals surface area contributed by atoms with Gasteiger partial charge in [0.05, 0.1) is 0 Å². The maximum atomic E-state index is 6.10. The lowest BCUT2D eigenvalue weighted by atomic mass is 9.90. The normalized spacial score (nSPS) is 13.2. The van der Waals surface area contributed by atoms with Gasteiger partial charge in [-0.15, -0.1) is 11.6 Å². The van der Waals surface area contributed by atoms with Crippen LogP contribution in [0.4, 0.5) is 0 Å². The molecule has 134 valence electrons. The van der Waals surface area contributed by atoms with Crippen molar-refractivity contribution in [2.75, 3.05) is 5.88 Å². The fourth-order valence-corrected chi connectivity index (χ4v) is 6.06. The Morgan fingerprint density at radius 3 is 1.68 bits per heavy atom. The van der Waals surface area contributed by atoms with Crippen LogP contribution in [0.5, 0.6) is 0 Å². The van der Waals surface area contributed by atoms with Gasteiger partial charge in [-0.05, 0) is 25.2 Å². The third-order valence-electron chi connectivity index (χ3n) is 4.15. The fourth-order valence-electron chi connectivity index (χ4n) is 2.84. The molecule has 0 bridgehead atoms. The van der Waals surface area contributed by atoms with E-state index in [9.17, 15) is 0 Å². The minimum absolute atomic E-state index is 0.712. The van der Waals surface area contributed by atoms with Crippen molar-refractivity contribution in [2.24, 2.45) is 5.92 Å². The molecule has 0 spiro atoms. The van der Waals surface area contributed by atoms with E-state index in [4.69, 9.17) is 11.6 Å². The van der Waals surface area contributed by atoms with E-state index >= 15 is 0 Å². The Kier molecular flexibility index (Phi) is 17.6. The molecule has 3 heteroatoms. The van der Waals surface area contributed by atoms with Gasteiger partial charge in [-0.25, -0.2) is 0 Å². The second-order valence-corrected chi connectivity index (χ2v) is 10.2. The molecule has 0 heterocycles. The lowest BCUT2D eigenvalue weighted by molar-refractivity contribution is 0.390. The largest absolute Gasteiger partial charge is 0.127 e. The molecule has 0 nitrogen and oxygen atoms in total. The molecular formula is C19H39ClS2. The molecule has 0 saturated carbocycles. The molecule has 0 aromatic heterocycles. The van der Waals surface area contributed by atoms with Crippen molar-refractivity contribution in [3.63, 3.8) is 0 Å². The topological polar surface area (TPSA) is 0 Å². The SMILES string of the molecule is CCCCCCC(CCCCCC)[C@H](CCCl)SSC(C)C. The van der Waals surface area contributed by atoms with Crippen LogP contribution < -0.4 is 0 Å². The fraction of sp³-hybridized carbons (Fsp3) is 1.00. The van der Waals surface area contributed by atoms with Crippen molar-refractivity contribution >= 4 is 33.2 Å². The van der Waals surface area contributed by atoms with Gasteiger partial charge >= 0.3 is 0 Å². The highest BCUT2D eigenvalue weighted by atomic mass is 35.5. The number of halogens is 1. The Labute approximate surface area is 153 Å². The number of hydrogen-bond donors (Lipinski definition) is 0. The van der Waals surface area contributed by atoms with Crippen molar-refractivity contribution in [3.8, 4) is 0 Å². The third kappa shape index (κ3) is 13.4. The molecule has 0 radical (unpaired) electrons. The molecule has 22 heavy (non-hydrogen) atoms. The van der Waals surface area contributed by atoms with Crippen LogP contribution in [0, 0.1) is 5.92 Å². The van der Waals surface area contributed by atoms with Crippen LogP contribution in [0.15, 0.2) is 0 Å². The van der Waals surface area contributed by atoms with Gasteiger partial charge in [-0.1, -0.05) is 101 Å². The number of rotatable bonds is 16. The van der Waals surface area contributed by atoms with E-state index in [1.807, 2.05) is 0 Å². The lowest BCUT2D eigenvalue weighted by Crippen LogP contribution is -2.18. The van der Waals surface area contributed by atoms with E-state index in [0.29, 0.717) is 5.25 Å². The summed E-state index contributed by atoms with van der Waals surface area (Å²) < 4.78 is 0. The summed E-state index contributed by atoms with van der Waals surface area (Å²) in [6, 6.07) is 0. The summed E-state index contributed by atoms with van der Waals surface area (Å²) in [4.78, 5) is 0. The standard InChI is InChI=1S/C19H39ClS2/c1-5-7-9-11-13-18(14-12-10-8-6-2)19(15-16-20)22-21-17(3)4/h17-19H,5-16H2,1-4H3/t19-/m0/s1. The molecule has 0 unspecified atom stereocenters. The molecule has 1 atom stereocenters. The lowest BCUT2D eigenvalue weighted by Gasteiger charge is -2.27. The molecular weight excluding hydrogens is 328 g/mol. The first-order valence-electron chi connectivity index (χ1n) is 9.53. The first kappa shape index (κ1) is 23.0. The van der Waals surface area contributed by atoms with Crippen LogP contribution in [0.2, 0.25) is 0 Å². The molecule has 0 aromatic carbocycles. The van der Waals surface area contributed by atoms with E-state index in [-0.39, 0.29) is 0 Å². The summed E-state index contributed by atoms with van der Waals surface area (Å²) in [5.74, 6) is 1.69. The Morgan fingerprint density at radius 1 is 0.727 bits per heavy atom. The number of alkyl halides is 1. The molecule has 0 aromatic rings. The summed E-state index contributed by atoms with van der Waals surface area (Å²) in [6.45, 7) is 9.20. The summed E-state index contributed by atoms with van der Waals surface area (Å²) >= 11 is 6.10. The average molecular weight is 367 g/mol. The van der Waals surface area contributed by atoms with Gasteiger partial charge in [0.25, 0.3) is 0 Å². The van der Waals surface area contributed by atoms with Gasteiger partial charge in [-0.3, -0.25) is 0 Å². The zero-order valence-corrected chi connectivity index (χ0v) is 17.8. The summed E-state index contributed by atoms with van der Waals surface area (Å²) in [6.07, 6.45) is 15.1. The first-order valence-corrected chi connectivity index (χ1v) is 12.3. The van der Waals surface area contributed by atoms with Gasteiger partial charge in [0, 0.05) is 16.4 Å². The predicted molar refractivity (Wildman–Crippen MR) is 110 cm³/mol. The van der Waals surface area contributed by atoms with Crippen molar-refractivity contribution < 1.29 is 0 Å². The molecule has 0 aliphatic carbocycles. The molecule has 0 rings (SSSR count). The van der Waals surface area contributed by atoms with Gasteiger partial charge in [-0.2, -0.15) is 0 Å². The van der Waals surface area contributed by atoms with Crippen LogP contribution in [0.25, 0.3) is 0 Å². The Balaban J connectivity index is 4.36. The van der Waals surface area contributed by atoms with Crippen molar-refractivity contribution in [3.05, 3.63) is 0 Å². The van der Waals surface area contributed by atoms with Crippen molar-refractivity contribution in [1.29, 1.82) is 0 Å². The monoisotopic (exact) mass is 366 g/mol. The molecule has 0 fully saturated rings. The second-order valence-electron chi connectivity index (χ2n) is 6.72. The van der Waals surface area contributed by atoms with Gasteiger partial charge in [0.1, 0.15) is 0 Å². The van der Waals surface area contributed by atoms with E-state index < -0.39 is 0 Å². The first-order chi connectivity index (χ1) is 10.7. The van der Waals surface area contributed by atoms with Gasteiger partial charge in [0.15, 0.2) is 0 Å². The Hall–Kier alpha value is 0.990. The van der Waals surface area contributed by atoms with Crippen LogP contribution in [-0.2, 0) is 0 Å². The summed E-state index contributed by atoms with van der Waals surface area (Å²) in [5.41, 5.74) is 0. The zero-order valence-electron chi connectivity index (χ0n) is 15.4. The number of unbranched alkanes of at least 4 members (excludes halogenated alkanes) is 6. The van der Waals surface area contributed by atoms with Gasteiger partial charge < -0.3 is 0 Å². The summed E-state index contributed by atoms with van der Waals surface area (Å²) in [5, 5.41) is 1.47. The van der Waals surface area contributed by atoms with E-state index in [0.717, 1.165) is 17.0 Å². The van der Waals surface area contributed by atoms with Crippen molar-refractivity contribution in [1.82, 2.24) is 0 Å². The minimum Gasteiger partial charge on any atom is -0.127 e. The quantitative estimate of drug-likeness (QED) is 0.153. The molecule has 0 saturated heterocycles. The van der Waals surface area contributed by atoms with E-state index in [1.165, 1.54) is 70.6 Å². The van der Waals surface area contributed by atoms with Crippen LogP contribution in [0.1, 0.15) is 98.3 Å². The van der Waals surface area contributed by atoms with Crippen molar-refractivity contribution in [2.45, 2.75) is 109 Å². The molecule has 0 N–H and O–H groups in total. The van der Waals surface area contributed by atoms with E-state index in [2.05, 4.69) is 49.3 Å². The minimum atomic E-state index is 0.712. The predicted octanol–water partition coefficient (Wildman–Crippen LogP) is 8.33.